The second-order valence-corrected chi connectivity index (χ2v) is 42.9. The molecule has 5 aromatic carbocycles. The molecule has 7 amide bonds. The Balaban J connectivity index is 0.000000125. The number of nitrogens with one attached hydrogen (secondary N) is 8. The molecule has 141 heavy (non-hydrogen) atoms. The van der Waals surface area contributed by atoms with Gasteiger partial charge in [-0.2, -0.15) is 0 Å². The number of likely N-dealkylation sites (tertiary alicyclic amines) is 4. The number of phenolic OH excluding ortho intramolecular Hbond substituents is 4. The van der Waals surface area contributed by atoms with Crippen molar-refractivity contribution < 1.29 is 74.4 Å². The van der Waals surface area contributed by atoms with Gasteiger partial charge >= 0.3 is 0 Å². The number of pyridine rings is 4. The van der Waals surface area contributed by atoms with Gasteiger partial charge in [-0.25, -0.2) is 0 Å². The summed E-state index contributed by atoms with van der Waals surface area (Å²) in [6.45, 7) is 13.2. The summed E-state index contributed by atoms with van der Waals surface area (Å²) >= 11 is 0. The van der Waals surface area contributed by atoms with Gasteiger partial charge in [0.05, 0.1) is 22.4 Å². The molecule has 21 rings (SSSR count). The highest BCUT2D eigenvalue weighted by molar-refractivity contribution is 5.99. The van der Waals surface area contributed by atoms with Crippen LogP contribution in [-0.4, -0.2) is 247 Å². The molecule has 4 fully saturated rings. The van der Waals surface area contributed by atoms with Crippen molar-refractivity contribution in [2.75, 3.05) is 60.9 Å². The van der Waals surface area contributed by atoms with Gasteiger partial charge in [0.1, 0.15) is 63.4 Å². The molecule has 0 unspecified atom stereocenters. The van der Waals surface area contributed by atoms with Gasteiger partial charge in [0.2, 0.25) is 17.7 Å². The van der Waals surface area contributed by atoms with Gasteiger partial charge in [0, 0.05) is 133 Å². The molecule has 8 aliphatic carbocycles. The van der Waals surface area contributed by atoms with Gasteiger partial charge in [0.25, 0.3) is 45.9 Å². The Morgan fingerprint density at radius 2 is 0.660 bits per heavy atom. The highest BCUT2D eigenvalue weighted by Gasteiger charge is 2.69. The van der Waals surface area contributed by atoms with Gasteiger partial charge in [-0.1, -0.05) is 82.3 Å². The predicted octanol–water partition coefficient (Wildman–Crippen LogP) is 3.27. The number of nitrogens with zero attached hydrogens (tertiary/aromatic N) is 4. The molecule has 0 spiro atoms. The SMILES string of the molecule is CC(C)CCNC(=O)c1cc2c([nH]c1=O)C[C@]13CCN(C)[C@H](Cc4ccc(O)cc41)[C@]3(O)C2.CC(C)C[C@H](NC(=O)c1cc2c([nH]c1=O)C[C@]13CCN(C)[C@H](Cc4ccc(O)cc41)[C@]3(O)C2)C(N)=O.CN1CC[C@]23Cc4[nH]c(=O)c(C(=O)N[C@@H](Cc5ccccc5)C(N)=O)cc4C[C@@]2(O)[C@H]1Cc1ccc(O)cc13.C[C@H](NC(=O)c1cc2c([nH]c1=O)C[C@]13CCN(C)[C@H](Cc4ccc(O)cc41)[C@]3(O)C2)C(N)=O. The lowest BCUT2D eigenvalue weighted by Crippen LogP contribution is -2.73. The van der Waals surface area contributed by atoms with Crippen LogP contribution in [-0.2, 0) is 120 Å². The third-order valence-corrected chi connectivity index (χ3v) is 34.0. The number of hydrogen-bond donors (Lipinski definition) is 19. The van der Waals surface area contributed by atoms with Crippen LogP contribution in [0.1, 0.15) is 210 Å². The van der Waals surface area contributed by atoms with Crippen LogP contribution in [0.3, 0.4) is 0 Å². The average molecular weight is 1930 g/mol. The van der Waals surface area contributed by atoms with E-state index >= 15 is 0 Å². The number of carbonyl (C=O) groups excluding carboxylic acids is 7. The Hall–Kier alpha value is -12.9. The van der Waals surface area contributed by atoms with Crippen molar-refractivity contribution in [3.05, 3.63) is 286 Å². The van der Waals surface area contributed by atoms with Crippen LogP contribution in [0.2, 0.25) is 0 Å². The van der Waals surface area contributed by atoms with Crippen molar-refractivity contribution in [1.82, 2.24) is 60.8 Å². The molecule has 4 saturated heterocycles. The molecule has 34 nitrogen and oxygen atoms in total. The van der Waals surface area contributed by atoms with Crippen molar-refractivity contribution in [2.24, 2.45) is 29.0 Å². The summed E-state index contributed by atoms with van der Waals surface area (Å²) in [5, 5.41) is 101. The van der Waals surface area contributed by atoms with E-state index in [0.717, 1.165) is 100 Å². The van der Waals surface area contributed by atoms with Gasteiger partial charge in [-0.3, -0.25) is 52.7 Å². The summed E-state index contributed by atoms with van der Waals surface area (Å²) in [7, 11) is 8.08. The summed E-state index contributed by atoms with van der Waals surface area (Å²) in [4.78, 5) is 159. The lowest BCUT2D eigenvalue weighted by molar-refractivity contribution is -0.145. The van der Waals surface area contributed by atoms with Crippen molar-refractivity contribution in [1.29, 1.82) is 0 Å². The quantitative estimate of drug-likeness (QED) is 0.0622. The topological polar surface area (TPSA) is 552 Å². The number of fused-ring (bicyclic) bond motifs is 8. The fourth-order valence-corrected chi connectivity index (χ4v) is 26.5. The highest BCUT2D eigenvalue weighted by Crippen LogP contribution is 2.62. The normalized spacial score (nSPS) is 27.5. The zero-order chi connectivity index (χ0) is 101. The largest absolute Gasteiger partial charge is 0.508 e. The van der Waals surface area contributed by atoms with E-state index in [2.05, 4.69) is 74.7 Å². The molecule has 22 N–H and O–H groups in total. The number of nitrogens with two attached hydrogens (primary N) is 3. The van der Waals surface area contributed by atoms with Crippen LogP contribution in [0.15, 0.2) is 147 Å². The minimum Gasteiger partial charge on any atom is -0.508 e. The Labute approximate surface area is 814 Å². The Kier molecular flexibility index (Phi) is 25.5. The molecular weight excluding hydrogens is 1800 g/mol. The maximum absolute atomic E-state index is 13.2. The van der Waals surface area contributed by atoms with E-state index in [-0.39, 0.29) is 107 Å². The minimum absolute atomic E-state index is 0.0771. The number of likely N-dealkylation sites (N-methyl/N-ethyl adjacent to an activating group) is 4. The number of aromatic amines is 4. The Bertz CT molecular complexity index is 6850. The highest BCUT2D eigenvalue weighted by atomic mass is 16.3. The molecule has 4 aliphatic heterocycles. The maximum Gasteiger partial charge on any atom is 0.261 e. The molecular formula is C107H127N15O19. The van der Waals surface area contributed by atoms with Crippen molar-refractivity contribution in [2.45, 2.75) is 243 Å². The fraction of sp³-hybridized carbons (Fsp3) is 0.467. The number of carbonyl (C=O) groups is 7. The third-order valence-electron chi connectivity index (χ3n) is 34.0. The van der Waals surface area contributed by atoms with Crippen LogP contribution in [0.25, 0.3) is 0 Å². The van der Waals surface area contributed by atoms with E-state index in [4.69, 9.17) is 17.2 Å². The monoisotopic (exact) mass is 1930 g/mol. The number of primary amides is 3. The van der Waals surface area contributed by atoms with Crippen LogP contribution in [0, 0.1) is 11.8 Å². The number of amides is 7. The minimum atomic E-state index is -1.16. The second-order valence-electron chi connectivity index (χ2n) is 42.9. The van der Waals surface area contributed by atoms with Crippen molar-refractivity contribution >= 4 is 41.4 Å². The van der Waals surface area contributed by atoms with Gasteiger partial charge in [-0.15, -0.1) is 0 Å². The first-order valence-electron chi connectivity index (χ1n) is 48.9. The van der Waals surface area contributed by atoms with E-state index in [1.165, 1.54) is 13.0 Å². The van der Waals surface area contributed by atoms with Crippen molar-refractivity contribution in [3.8, 4) is 23.0 Å². The molecule has 12 aliphatic rings. The number of rotatable bonds is 17. The number of aromatic hydroxyl groups is 4. The third kappa shape index (κ3) is 16.7. The van der Waals surface area contributed by atoms with Crippen LogP contribution < -0.4 is 60.7 Å². The number of piperidine rings is 4. The van der Waals surface area contributed by atoms with Gasteiger partial charge in [-0.05, 0) is 282 Å². The van der Waals surface area contributed by atoms with Gasteiger partial charge < -0.3 is 119 Å². The molecule has 4 aromatic heterocycles. The molecule has 8 heterocycles. The predicted molar refractivity (Wildman–Crippen MR) is 524 cm³/mol. The average Bonchev–Trinajstić information content (AvgIpc) is 0.695. The lowest BCUT2D eigenvalue weighted by Gasteiger charge is -2.63. The molecule has 34 heteroatoms. The molecule has 8 bridgehead atoms. The number of aromatic nitrogens is 4. The smallest absolute Gasteiger partial charge is 0.261 e. The summed E-state index contributed by atoms with van der Waals surface area (Å²) in [6.07, 6.45) is 9.55. The fourth-order valence-electron chi connectivity index (χ4n) is 26.5. The number of aliphatic hydroxyl groups is 4. The van der Waals surface area contributed by atoms with Crippen molar-refractivity contribution in [3.63, 3.8) is 0 Å². The molecule has 0 radical (unpaired) electrons. The molecule has 744 valence electrons. The second kappa shape index (κ2) is 36.5. The number of hydrogen-bond acceptors (Lipinski definition) is 23. The van der Waals surface area contributed by atoms with Crippen LogP contribution in [0.4, 0.5) is 0 Å². The zero-order valence-electron chi connectivity index (χ0n) is 80.9. The standard InChI is InChI=1S/C30H32N4O5.C27H34N4O5.C26H33N3O4.C24H28N4O5/c1-34-10-9-29-16-24-19(15-30(29,39)25(34)13-18-7-8-20(35)14-22(18)29)12-21(28(38)33-24)27(37)32-23(26(31)36)11-17-5-3-2-4-6-17;1-14(2)8-20(23(28)33)29-24(34)18-9-16-12-27(36)22-10-15-4-5-17(32)11-19(15)26(27,6-7-31(22)3)13-21(16)30-25(18)35;1-15(2)6-8-27-23(31)19-10-17-13-26(33)22-11-16-4-5-18(30)12-20(16)25(26,7-9-29(22)3)14-21(17)28-24(19)32;1-12(20(25)30)26-21(31)16-7-14-10-24(33)19-8-13-3-4-15(29)9-17(13)23(24,5-6-28(19)2)11-18(14)27-22(16)32/h2-8,12,14,23,25,35,39H,9-11,13,15-16H2,1H3,(H2,31,36)(H,32,37)(H,33,38);4-5,9,11,14,20,22,32,36H,6-8,10,12-13H2,1-3H3,(H2,28,33)(H,29,34)(H,30,35);4-5,10,12,15,22,30,33H,6-9,11,13-14H2,1-3H3,(H,27,31)(H,28,32);3-4,7,9,12,19,29,33H,5-6,8,10-11H2,1-2H3,(H2,25,30)(H,26,31)(H,27,32)/t23-,25+,29+,30+;20-,22+,26+,27+;22-,25-,26-;12-,19+,23+,24+/m0010/s1. The van der Waals surface area contributed by atoms with E-state index in [1.807, 2.05) is 96.6 Å². The number of H-pyrrole nitrogens is 4. The summed E-state index contributed by atoms with van der Waals surface area (Å²) in [5.74, 6) is -3.23. The zero-order valence-corrected chi connectivity index (χ0v) is 80.9. The molecule has 9 aromatic rings. The van der Waals surface area contributed by atoms with Crippen LogP contribution in [0.5, 0.6) is 23.0 Å². The first-order chi connectivity index (χ1) is 66.8. The van der Waals surface area contributed by atoms with E-state index < -0.39 is 120 Å². The summed E-state index contributed by atoms with van der Waals surface area (Å²) < 4.78 is 0. The summed E-state index contributed by atoms with van der Waals surface area (Å²) in [6, 6.07) is 33.7. The molecule has 0 saturated carbocycles. The Morgan fingerprint density at radius 3 is 0.943 bits per heavy atom. The number of benzene rings is 5. The van der Waals surface area contributed by atoms with E-state index in [9.17, 15) is 93.6 Å². The first-order valence-corrected chi connectivity index (χ1v) is 48.9. The van der Waals surface area contributed by atoms with Crippen LogP contribution >= 0.6 is 0 Å². The molecule has 15 atom stereocenters. The maximum atomic E-state index is 13.2. The van der Waals surface area contributed by atoms with E-state index in [0.29, 0.717) is 130 Å². The lowest BCUT2D eigenvalue weighted by atomic mass is 9.49. The Morgan fingerprint density at radius 1 is 0.369 bits per heavy atom. The van der Waals surface area contributed by atoms with Gasteiger partial charge in [0.15, 0.2) is 0 Å². The van der Waals surface area contributed by atoms with E-state index in [1.54, 1.807) is 66.7 Å². The first kappa shape index (κ1) is 98.3. The number of phenols is 4. The summed E-state index contributed by atoms with van der Waals surface area (Å²) in [5.41, 5.74) is 21.6.